The maximum Gasteiger partial charge on any atom is 0.265 e. The van der Waals surface area contributed by atoms with Gasteiger partial charge >= 0.3 is 0 Å². The zero-order valence-electron chi connectivity index (χ0n) is 12.6. The van der Waals surface area contributed by atoms with Gasteiger partial charge in [-0.1, -0.05) is 6.07 Å². The van der Waals surface area contributed by atoms with Crippen LogP contribution >= 0.6 is 22.7 Å². The first-order chi connectivity index (χ1) is 10.7. The van der Waals surface area contributed by atoms with E-state index in [1.165, 1.54) is 24.2 Å². The first kappa shape index (κ1) is 14.4. The lowest BCUT2D eigenvalue weighted by Crippen LogP contribution is -2.49. The largest absolute Gasteiger partial charge is 0.335 e. The molecule has 4 nitrogen and oxygen atoms in total. The number of amides is 1. The van der Waals surface area contributed by atoms with E-state index < -0.39 is 0 Å². The summed E-state index contributed by atoms with van der Waals surface area (Å²) in [6.45, 7) is 5.68. The summed E-state index contributed by atoms with van der Waals surface area (Å²) in [6, 6.07) is 4.88. The summed E-state index contributed by atoms with van der Waals surface area (Å²) in [5, 5.41) is 3.01. The van der Waals surface area contributed by atoms with E-state index in [9.17, 15) is 4.79 Å². The SMILES string of the molecule is Cc1nc(-c2cccs2)sc1C(=O)N1CCN(C2CC2)CC1. The van der Waals surface area contributed by atoms with E-state index in [0.29, 0.717) is 0 Å². The number of thiazole rings is 1. The molecule has 2 aromatic heterocycles. The number of rotatable bonds is 3. The molecular weight excluding hydrogens is 314 g/mol. The number of aryl methyl sites for hydroxylation is 1. The fraction of sp³-hybridized carbons (Fsp3) is 0.500. The van der Waals surface area contributed by atoms with Crippen molar-refractivity contribution in [3.05, 3.63) is 28.1 Å². The number of aromatic nitrogens is 1. The molecule has 0 radical (unpaired) electrons. The topological polar surface area (TPSA) is 36.4 Å². The first-order valence-corrected chi connectivity index (χ1v) is 9.46. The molecule has 0 bridgehead atoms. The number of hydrogen-bond donors (Lipinski definition) is 0. The molecular formula is C16H19N3OS2. The lowest BCUT2D eigenvalue weighted by atomic mass is 10.2. The van der Waals surface area contributed by atoms with Crippen LogP contribution in [0.2, 0.25) is 0 Å². The monoisotopic (exact) mass is 333 g/mol. The molecule has 1 saturated heterocycles. The molecule has 1 saturated carbocycles. The fourth-order valence-corrected chi connectivity index (χ4v) is 4.80. The van der Waals surface area contributed by atoms with E-state index >= 15 is 0 Å². The second-order valence-electron chi connectivity index (χ2n) is 5.97. The standard InChI is InChI=1S/C16H19N3OS2/c1-11-14(22-15(17-11)13-3-2-10-21-13)16(20)19-8-6-18(7-9-19)12-4-5-12/h2-3,10,12H,4-9H2,1H3. The Morgan fingerprint density at radius 2 is 2.05 bits per heavy atom. The van der Waals surface area contributed by atoms with Crippen molar-refractivity contribution in [3.63, 3.8) is 0 Å². The van der Waals surface area contributed by atoms with Crippen molar-refractivity contribution < 1.29 is 4.79 Å². The normalized spacial score (nSPS) is 19.6. The molecule has 1 aliphatic heterocycles. The van der Waals surface area contributed by atoms with Crippen LogP contribution in [-0.4, -0.2) is 52.9 Å². The van der Waals surface area contributed by atoms with Crippen molar-refractivity contribution in [2.24, 2.45) is 0 Å². The third-order valence-electron chi connectivity index (χ3n) is 4.39. The van der Waals surface area contributed by atoms with Crippen molar-refractivity contribution in [2.75, 3.05) is 26.2 Å². The van der Waals surface area contributed by atoms with Crippen LogP contribution < -0.4 is 0 Å². The second kappa shape index (κ2) is 5.76. The maximum atomic E-state index is 12.8. The molecule has 2 fully saturated rings. The molecule has 116 valence electrons. The van der Waals surface area contributed by atoms with Gasteiger partial charge in [0.1, 0.15) is 9.88 Å². The van der Waals surface area contributed by atoms with Crippen LogP contribution in [0.15, 0.2) is 17.5 Å². The Labute approximate surface area is 138 Å². The van der Waals surface area contributed by atoms with Gasteiger partial charge in [0.15, 0.2) is 0 Å². The lowest BCUT2D eigenvalue weighted by Gasteiger charge is -2.34. The van der Waals surface area contributed by atoms with Crippen LogP contribution in [0, 0.1) is 6.92 Å². The van der Waals surface area contributed by atoms with E-state index in [1.807, 2.05) is 23.3 Å². The van der Waals surface area contributed by atoms with Gasteiger partial charge in [0, 0.05) is 32.2 Å². The van der Waals surface area contributed by atoms with Gasteiger partial charge in [-0.05, 0) is 31.2 Å². The zero-order valence-corrected chi connectivity index (χ0v) is 14.3. The molecule has 3 heterocycles. The van der Waals surface area contributed by atoms with E-state index in [2.05, 4.69) is 16.0 Å². The van der Waals surface area contributed by atoms with Crippen molar-refractivity contribution in [1.82, 2.24) is 14.8 Å². The highest BCUT2D eigenvalue weighted by atomic mass is 32.1. The van der Waals surface area contributed by atoms with Gasteiger partial charge in [0.2, 0.25) is 0 Å². The van der Waals surface area contributed by atoms with E-state index in [0.717, 1.165) is 52.7 Å². The Kier molecular flexibility index (Phi) is 3.76. The molecule has 0 N–H and O–H groups in total. The summed E-state index contributed by atoms with van der Waals surface area (Å²) in [5.74, 6) is 0.160. The van der Waals surface area contributed by atoms with Gasteiger partial charge < -0.3 is 4.90 Å². The van der Waals surface area contributed by atoms with Crippen molar-refractivity contribution in [1.29, 1.82) is 0 Å². The minimum absolute atomic E-state index is 0.160. The molecule has 2 aromatic rings. The summed E-state index contributed by atoms with van der Waals surface area (Å²) in [5.41, 5.74) is 0.864. The predicted octanol–water partition coefficient (Wildman–Crippen LogP) is 3.10. The summed E-state index contributed by atoms with van der Waals surface area (Å²) < 4.78 is 0. The molecule has 2 aliphatic rings. The molecule has 6 heteroatoms. The molecule has 1 aliphatic carbocycles. The van der Waals surface area contributed by atoms with Gasteiger partial charge in [0.05, 0.1) is 10.6 Å². The summed E-state index contributed by atoms with van der Waals surface area (Å²) in [7, 11) is 0. The summed E-state index contributed by atoms with van der Waals surface area (Å²) in [4.78, 5) is 23.8. The predicted molar refractivity (Wildman–Crippen MR) is 90.7 cm³/mol. The number of thiophene rings is 1. The number of hydrogen-bond acceptors (Lipinski definition) is 5. The fourth-order valence-electron chi connectivity index (χ4n) is 2.97. The van der Waals surface area contributed by atoms with Crippen molar-refractivity contribution >= 4 is 28.6 Å². The van der Waals surface area contributed by atoms with Gasteiger partial charge in [-0.15, -0.1) is 22.7 Å². The molecule has 0 aromatic carbocycles. The molecule has 1 amide bonds. The van der Waals surface area contributed by atoms with Crippen LogP contribution in [0.5, 0.6) is 0 Å². The highest BCUT2D eigenvalue weighted by Gasteiger charge is 2.33. The lowest BCUT2D eigenvalue weighted by molar-refractivity contribution is 0.0631. The van der Waals surface area contributed by atoms with Gasteiger partial charge in [-0.3, -0.25) is 9.69 Å². The maximum absolute atomic E-state index is 12.8. The van der Waals surface area contributed by atoms with Crippen LogP contribution in [-0.2, 0) is 0 Å². The third kappa shape index (κ3) is 2.71. The van der Waals surface area contributed by atoms with Gasteiger partial charge in [0.25, 0.3) is 5.91 Å². The van der Waals surface area contributed by atoms with Crippen molar-refractivity contribution in [2.45, 2.75) is 25.8 Å². The first-order valence-electron chi connectivity index (χ1n) is 7.77. The van der Waals surface area contributed by atoms with Crippen LogP contribution in [0.25, 0.3) is 9.88 Å². The molecule has 4 rings (SSSR count). The Morgan fingerprint density at radius 1 is 1.27 bits per heavy atom. The minimum atomic E-state index is 0.160. The smallest absolute Gasteiger partial charge is 0.265 e. The van der Waals surface area contributed by atoms with Gasteiger partial charge in [-0.25, -0.2) is 4.98 Å². The highest BCUT2D eigenvalue weighted by Crippen LogP contribution is 2.32. The molecule has 0 atom stereocenters. The van der Waals surface area contributed by atoms with Gasteiger partial charge in [-0.2, -0.15) is 0 Å². The molecule has 0 spiro atoms. The average molecular weight is 333 g/mol. The van der Waals surface area contributed by atoms with E-state index in [4.69, 9.17) is 0 Å². The van der Waals surface area contributed by atoms with E-state index in [1.54, 1.807) is 11.3 Å². The Hall–Kier alpha value is -1.24. The van der Waals surface area contributed by atoms with Crippen LogP contribution in [0.1, 0.15) is 28.2 Å². The third-order valence-corrected chi connectivity index (χ3v) is 6.57. The zero-order chi connectivity index (χ0) is 15.1. The second-order valence-corrected chi connectivity index (χ2v) is 7.92. The summed E-state index contributed by atoms with van der Waals surface area (Å²) >= 11 is 3.21. The Morgan fingerprint density at radius 3 is 2.68 bits per heavy atom. The number of carbonyl (C=O) groups is 1. The van der Waals surface area contributed by atoms with Crippen molar-refractivity contribution in [3.8, 4) is 9.88 Å². The van der Waals surface area contributed by atoms with E-state index in [-0.39, 0.29) is 5.91 Å². The Bertz CT molecular complexity index is 668. The highest BCUT2D eigenvalue weighted by molar-refractivity contribution is 7.22. The molecule has 0 unspecified atom stereocenters. The quantitative estimate of drug-likeness (QED) is 0.866. The average Bonchev–Trinajstić information content (AvgIpc) is 3.10. The van der Waals surface area contributed by atoms with Crippen LogP contribution in [0.3, 0.4) is 0 Å². The van der Waals surface area contributed by atoms with Crippen LogP contribution in [0.4, 0.5) is 0 Å². The number of nitrogens with zero attached hydrogens (tertiary/aromatic N) is 3. The number of piperazine rings is 1. The number of carbonyl (C=O) groups excluding carboxylic acids is 1. The molecule has 22 heavy (non-hydrogen) atoms. The summed E-state index contributed by atoms with van der Waals surface area (Å²) in [6.07, 6.45) is 2.68. The minimum Gasteiger partial charge on any atom is -0.335 e. The Balaban J connectivity index is 1.48.